The molecule has 2 rings (SSSR count). The summed E-state index contributed by atoms with van der Waals surface area (Å²) in [7, 11) is 2.11. The second-order valence-corrected chi connectivity index (χ2v) is 7.71. The zero-order valence-corrected chi connectivity index (χ0v) is 18.3. The maximum atomic E-state index is 4.25. The molecule has 152 valence electrons. The highest BCUT2D eigenvalue weighted by Gasteiger charge is 2.06. The van der Waals surface area contributed by atoms with Gasteiger partial charge < -0.3 is 4.90 Å². The van der Waals surface area contributed by atoms with Gasteiger partial charge >= 0.3 is 0 Å². The Morgan fingerprint density at radius 2 is 1.66 bits per heavy atom. The third-order valence-corrected chi connectivity index (χ3v) is 5.25. The van der Waals surface area contributed by atoms with Gasteiger partial charge in [-0.05, 0) is 61.4 Å². The summed E-state index contributed by atoms with van der Waals surface area (Å²) in [4.78, 5) is 2.21. The van der Waals surface area contributed by atoms with E-state index < -0.39 is 0 Å². The lowest BCUT2D eigenvalue weighted by Crippen LogP contribution is -2.14. The fourth-order valence-electron chi connectivity index (χ4n) is 3.49. The Kier molecular flexibility index (Phi) is 9.24. The summed E-state index contributed by atoms with van der Waals surface area (Å²) in [5.74, 6) is 0.657. The van der Waals surface area contributed by atoms with Crippen molar-refractivity contribution in [2.45, 2.75) is 39.5 Å². The summed E-state index contributed by atoms with van der Waals surface area (Å²) < 4.78 is 0. The standard InChI is InChI=1S/C28H35N/c1-6-8-10-13-23(3)22-24(4)16-19-27(7-2)29(5)28-20-17-26(18-21-28)25-14-11-9-12-15-25/h6-7,9,11-12,14-21,23H,1,4,8,10,13,22H2,2-3,5H3/b19-16-,27-7+. The molecule has 0 aliphatic heterocycles. The molecule has 0 radical (unpaired) electrons. The van der Waals surface area contributed by atoms with Crippen LogP contribution in [0.1, 0.15) is 39.5 Å². The van der Waals surface area contributed by atoms with Crippen molar-refractivity contribution in [2.24, 2.45) is 5.92 Å². The molecule has 0 saturated heterocycles. The van der Waals surface area contributed by atoms with Crippen molar-refractivity contribution < 1.29 is 0 Å². The Hall–Kier alpha value is -2.80. The lowest BCUT2D eigenvalue weighted by atomic mass is 9.96. The van der Waals surface area contributed by atoms with Gasteiger partial charge in [0.2, 0.25) is 0 Å². The summed E-state index contributed by atoms with van der Waals surface area (Å²) in [6, 6.07) is 19.2. The maximum Gasteiger partial charge on any atom is 0.0408 e. The number of anilines is 1. The van der Waals surface area contributed by atoms with Crippen molar-refractivity contribution in [2.75, 3.05) is 11.9 Å². The lowest BCUT2D eigenvalue weighted by Gasteiger charge is -2.21. The monoisotopic (exact) mass is 385 g/mol. The summed E-state index contributed by atoms with van der Waals surface area (Å²) in [6.45, 7) is 12.4. The van der Waals surface area contributed by atoms with Crippen LogP contribution in [-0.2, 0) is 0 Å². The number of hydrogen-bond donors (Lipinski definition) is 0. The fraction of sp³-hybridized carbons (Fsp3) is 0.286. The molecule has 0 spiro atoms. The zero-order chi connectivity index (χ0) is 21.1. The van der Waals surface area contributed by atoms with Crippen LogP contribution in [0, 0.1) is 5.92 Å². The van der Waals surface area contributed by atoms with Gasteiger partial charge in [0.1, 0.15) is 0 Å². The Balaban J connectivity index is 1.97. The highest BCUT2D eigenvalue weighted by atomic mass is 15.1. The van der Waals surface area contributed by atoms with E-state index in [-0.39, 0.29) is 0 Å². The van der Waals surface area contributed by atoms with Gasteiger partial charge in [-0.1, -0.05) is 86.2 Å². The van der Waals surface area contributed by atoms with Crippen LogP contribution >= 0.6 is 0 Å². The van der Waals surface area contributed by atoms with Crippen molar-refractivity contribution in [3.05, 3.63) is 103 Å². The quantitative estimate of drug-likeness (QED) is 0.214. The van der Waals surface area contributed by atoms with Crippen LogP contribution in [0.25, 0.3) is 11.1 Å². The number of likely N-dealkylation sites (N-methyl/N-ethyl adjacent to an activating group) is 1. The van der Waals surface area contributed by atoms with E-state index in [1.165, 1.54) is 35.2 Å². The number of unbranched alkanes of at least 4 members (excludes halogenated alkanes) is 1. The molecule has 1 unspecified atom stereocenters. The highest BCUT2D eigenvalue weighted by molar-refractivity contribution is 5.67. The van der Waals surface area contributed by atoms with Gasteiger partial charge in [0.15, 0.2) is 0 Å². The van der Waals surface area contributed by atoms with E-state index in [0.29, 0.717) is 5.92 Å². The molecular weight excluding hydrogens is 350 g/mol. The summed E-state index contributed by atoms with van der Waals surface area (Å²) in [5, 5.41) is 0. The van der Waals surface area contributed by atoms with Crippen LogP contribution in [0.15, 0.2) is 103 Å². The summed E-state index contributed by atoms with van der Waals surface area (Å²) in [6.07, 6.45) is 13.1. The van der Waals surface area contributed by atoms with Crippen molar-refractivity contribution in [1.82, 2.24) is 0 Å². The van der Waals surface area contributed by atoms with Crippen molar-refractivity contribution in [3.63, 3.8) is 0 Å². The first-order valence-electron chi connectivity index (χ1n) is 10.6. The minimum Gasteiger partial charge on any atom is -0.345 e. The third-order valence-electron chi connectivity index (χ3n) is 5.25. The molecule has 0 amide bonds. The van der Waals surface area contributed by atoms with E-state index in [1.807, 2.05) is 12.1 Å². The third kappa shape index (κ3) is 7.27. The predicted octanol–water partition coefficient (Wildman–Crippen LogP) is 8.19. The molecule has 29 heavy (non-hydrogen) atoms. The van der Waals surface area contributed by atoms with Gasteiger partial charge in [0.25, 0.3) is 0 Å². The average molecular weight is 386 g/mol. The van der Waals surface area contributed by atoms with Crippen LogP contribution < -0.4 is 4.90 Å². The molecule has 0 aromatic heterocycles. The first-order valence-corrected chi connectivity index (χ1v) is 10.6. The van der Waals surface area contributed by atoms with Crippen LogP contribution in [0.2, 0.25) is 0 Å². The molecule has 0 fully saturated rings. The largest absolute Gasteiger partial charge is 0.345 e. The van der Waals surface area contributed by atoms with Crippen molar-refractivity contribution in [1.29, 1.82) is 0 Å². The zero-order valence-electron chi connectivity index (χ0n) is 18.3. The van der Waals surface area contributed by atoms with Gasteiger partial charge in [-0.25, -0.2) is 0 Å². The van der Waals surface area contributed by atoms with E-state index in [4.69, 9.17) is 0 Å². The van der Waals surface area contributed by atoms with Crippen LogP contribution in [0.3, 0.4) is 0 Å². The fourth-order valence-corrected chi connectivity index (χ4v) is 3.49. The molecule has 1 atom stereocenters. The predicted molar refractivity (Wildman–Crippen MR) is 130 cm³/mol. The molecule has 0 heterocycles. The van der Waals surface area contributed by atoms with Gasteiger partial charge in [-0.15, -0.1) is 6.58 Å². The second-order valence-electron chi connectivity index (χ2n) is 7.71. The van der Waals surface area contributed by atoms with Crippen LogP contribution in [0.5, 0.6) is 0 Å². The van der Waals surface area contributed by atoms with Crippen molar-refractivity contribution in [3.8, 4) is 11.1 Å². The SMILES string of the molecule is C=CCCCC(C)CC(=C)/C=C\C(=C/C)N(C)c1ccc(-c2ccccc2)cc1. The lowest BCUT2D eigenvalue weighted by molar-refractivity contribution is 0.513. The van der Waals surface area contributed by atoms with Crippen LogP contribution in [-0.4, -0.2) is 7.05 Å². The molecule has 0 aliphatic rings. The van der Waals surface area contributed by atoms with Gasteiger partial charge in [-0.3, -0.25) is 0 Å². The Morgan fingerprint density at radius 1 is 1.00 bits per heavy atom. The molecule has 0 aliphatic carbocycles. The van der Waals surface area contributed by atoms with Gasteiger partial charge in [0, 0.05) is 18.4 Å². The van der Waals surface area contributed by atoms with E-state index in [2.05, 4.69) is 106 Å². The number of rotatable bonds is 11. The minimum atomic E-state index is 0.657. The summed E-state index contributed by atoms with van der Waals surface area (Å²) >= 11 is 0. The molecule has 0 bridgehead atoms. The minimum absolute atomic E-state index is 0.657. The molecule has 1 heteroatoms. The van der Waals surface area contributed by atoms with E-state index >= 15 is 0 Å². The maximum absolute atomic E-state index is 4.25. The number of nitrogens with zero attached hydrogens (tertiary/aromatic N) is 1. The van der Waals surface area contributed by atoms with Gasteiger partial charge in [-0.2, -0.15) is 0 Å². The first kappa shape index (κ1) is 22.5. The molecule has 2 aromatic carbocycles. The Bertz CT molecular complexity index is 824. The number of benzene rings is 2. The smallest absolute Gasteiger partial charge is 0.0408 e. The normalized spacial score (nSPS) is 12.7. The Morgan fingerprint density at radius 3 is 2.28 bits per heavy atom. The van der Waals surface area contributed by atoms with E-state index in [1.54, 1.807) is 0 Å². The number of allylic oxidation sites excluding steroid dienone is 5. The molecular formula is C28H35N. The average Bonchev–Trinajstić information content (AvgIpc) is 2.75. The Labute approximate surface area is 177 Å². The van der Waals surface area contributed by atoms with E-state index in [9.17, 15) is 0 Å². The highest BCUT2D eigenvalue weighted by Crippen LogP contribution is 2.25. The molecule has 1 nitrogen and oxygen atoms in total. The number of hydrogen-bond acceptors (Lipinski definition) is 1. The first-order chi connectivity index (χ1) is 14.0. The van der Waals surface area contributed by atoms with Crippen molar-refractivity contribution >= 4 is 5.69 Å². The van der Waals surface area contributed by atoms with Gasteiger partial charge in [0.05, 0.1) is 0 Å². The summed E-state index contributed by atoms with van der Waals surface area (Å²) in [5.41, 5.74) is 6.00. The molecule has 2 aromatic rings. The molecule has 0 N–H and O–H groups in total. The topological polar surface area (TPSA) is 3.24 Å². The second kappa shape index (κ2) is 11.9. The van der Waals surface area contributed by atoms with Crippen LogP contribution in [0.4, 0.5) is 5.69 Å². The van der Waals surface area contributed by atoms with E-state index in [0.717, 1.165) is 18.5 Å². The molecule has 0 saturated carbocycles.